The molecular formula is C15H9ClF6O. The third-order valence-electron chi connectivity index (χ3n) is 3.35. The molecule has 1 aromatic rings. The van der Waals surface area contributed by atoms with Gasteiger partial charge in [0.15, 0.2) is 5.78 Å². The summed E-state index contributed by atoms with van der Waals surface area (Å²) in [6.45, 7) is 1.49. The second kappa shape index (κ2) is 5.70. The van der Waals surface area contributed by atoms with Crippen LogP contribution >= 0.6 is 11.6 Å². The highest BCUT2D eigenvalue weighted by molar-refractivity contribution is 6.33. The van der Waals surface area contributed by atoms with Crippen LogP contribution in [0.25, 0.3) is 5.57 Å². The van der Waals surface area contributed by atoms with Crippen LogP contribution in [0, 0.1) is 5.92 Å². The summed E-state index contributed by atoms with van der Waals surface area (Å²) in [6.07, 6.45) is -7.71. The third-order valence-corrected chi connectivity index (χ3v) is 3.79. The van der Waals surface area contributed by atoms with Gasteiger partial charge in [0.25, 0.3) is 0 Å². The lowest BCUT2D eigenvalue weighted by Gasteiger charge is -2.18. The van der Waals surface area contributed by atoms with E-state index in [9.17, 15) is 31.1 Å². The van der Waals surface area contributed by atoms with E-state index in [2.05, 4.69) is 0 Å². The maximum atomic E-state index is 12.8. The molecule has 0 fully saturated rings. The van der Waals surface area contributed by atoms with Crippen LogP contribution in [0.15, 0.2) is 35.4 Å². The lowest BCUT2D eigenvalue weighted by molar-refractivity contribution is -0.143. The summed E-state index contributed by atoms with van der Waals surface area (Å²) in [5.41, 5.74) is -3.35. The van der Waals surface area contributed by atoms with Crippen molar-refractivity contribution in [1.29, 1.82) is 0 Å². The van der Waals surface area contributed by atoms with Crippen LogP contribution in [-0.4, -0.2) is 5.78 Å². The van der Waals surface area contributed by atoms with E-state index >= 15 is 0 Å². The van der Waals surface area contributed by atoms with E-state index in [1.807, 2.05) is 0 Å². The molecule has 0 aliphatic heterocycles. The molecule has 0 aromatic heterocycles. The van der Waals surface area contributed by atoms with E-state index in [1.165, 1.54) is 13.0 Å². The largest absolute Gasteiger partial charge is 0.416 e. The second-order valence-corrected chi connectivity index (χ2v) is 5.48. The van der Waals surface area contributed by atoms with Crippen LogP contribution in [0.2, 0.25) is 0 Å². The molecule has 1 unspecified atom stereocenters. The predicted octanol–water partition coefficient (Wildman–Crippen LogP) is 5.45. The molecule has 1 atom stereocenters. The lowest BCUT2D eigenvalue weighted by atomic mass is 9.91. The molecule has 0 amide bonds. The monoisotopic (exact) mass is 354 g/mol. The van der Waals surface area contributed by atoms with Gasteiger partial charge in [0.2, 0.25) is 0 Å². The van der Waals surface area contributed by atoms with Gasteiger partial charge in [-0.3, -0.25) is 4.79 Å². The number of carbonyl (C=O) groups excluding carboxylic acids is 1. The Bertz CT molecular complexity index is 679. The van der Waals surface area contributed by atoms with E-state index in [1.54, 1.807) is 0 Å². The van der Waals surface area contributed by atoms with E-state index in [-0.39, 0.29) is 22.2 Å². The highest BCUT2D eigenvalue weighted by atomic mass is 35.5. The topological polar surface area (TPSA) is 17.1 Å². The number of halogens is 7. The molecule has 0 radical (unpaired) electrons. The Morgan fingerprint density at radius 2 is 1.39 bits per heavy atom. The SMILES string of the molecule is CC1C(=O)C=C(c2cc(C(F)(F)F)cc(C(F)(F)F)c2)C=C1Cl. The summed E-state index contributed by atoms with van der Waals surface area (Å²) in [5, 5.41) is 0.0541. The summed E-state index contributed by atoms with van der Waals surface area (Å²) in [5.74, 6) is -1.16. The van der Waals surface area contributed by atoms with Gasteiger partial charge in [-0.15, -0.1) is 0 Å². The first kappa shape index (κ1) is 17.6. The van der Waals surface area contributed by atoms with Crippen molar-refractivity contribution in [3.8, 4) is 0 Å². The fourth-order valence-corrected chi connectivity index (χ4v) is 2.24. The average Bonchev–Trinajstić information content (AvgIpc) is 2.41. The van der Waals surface area contributed by atoms with Gasteiger partial charge >= 0.3 is 12.4 Å². The van der Waals surface area contributed by atoms with Crippen molar-refractivity contribution in [1.82, 2.24) is 0 Å². The Balaban J connectivity index is 2.64. The molecule has 8 heteroatoms. The molecule has 1 aromatic carbocycles. The number of rotatable bonds is 1. The van der Waals surface area contributed by atoms with Crippen LogP contribution in [0.3, 0.4) is 0 Å². The minimum atomic E-state index is -4.95. The van der Waals surface area contributed by atoms with Crippen molar-refractivity contribution >= 4 is 23.0 Å². The van der Waals surface area contributed by atoms with Gasteiger partial charge in [0, 0.05) is 5.03 Å². The lowest BCUT2D eigenvalue weighted by Crippen LogP contribution is -2.14. The standard InChI is InChI=1S/C15H9ClF6O/c1-7-12(16)4-9(5-13(7)23)8-2-10(14(17,18)19)6-11(3-8)15(20,21)22/h2-7H,1H3. The fourth-order valence-electron chi connectivity index (χ4n) is 2.02. The summed E-state index contributed by atoms with van der Waals surface area (Å²) in [4.78, 5) is 11.7. The molecule has 0 heterocycles. The fraction of sp³-hybridized carbons (Fsp3) is 0.267. The Morgan fingerprint density at radius 1 is 0.913 bits per heavy atom. The summed E-state index contributed by atoms with van der Waals surface area (Å²) < 4.78 is 76.9. The second-order valence-electron chi connectivity index (χ2n) is 5.05. The number of benzene rings is 1. The van der Waals surface area contributed by atoms with Crippen LogP contribution in [0.4, 0.5) is 26.3 Å². The van der Waals surface area contributed by atoms with Crippen LogP contribution < -0.4 is 0 Å². The minimum Gasteiger partial charge on any atom is -0.294 e. The number of hydrogen-bond donors (Lipinski definition) is 0. The molecule has 0 saturated carbocycles. The number of hydrogen-bond acceptors (Lipinski definition) is 1. The Labute approximate surface area is 132 Å². The Hall–Kier alpha value is -1.76. The van der Waals surface area contributed by atoms with E-state index < -0.39 is 35.2 Å². The van der Waals surface area contributed by atoms with Crippen molar-refractivity contribution in [2.45, 2.75) is 19.3 Å². The maximum absolute atomic E-state index is 12.8. The molecule has 2 rings (SSSR count). The zero-order chi connectivity index (χ0) is 17.6. The predicted molar refractivity (Wildman–Crippen MR) is 72.5 cm³/mol. The maximum Gasteiger partial charge on any atom is 0.416 e. The van der Waals surface area contributed by atoms with E-state index in [0.717, 1.165) is 6.08 Å². The van der Waals surface area contributed by atoms with Crippen LogP contribution in [0.5, 0.6) is 0 Å². The molecule has 1 nitrogen and oxygen atoms in total. The van der Waals surface area contributed by atoms with Crippen molar-refractivity contribution in [2.75, 3.05) is 0 Å². The molecule has 124 valence electrons. The molecule has 23 heavy (non-hydrogen) atoms. The van der Waals surface area contributed by atoms with Gasteiger partial charge in [-0.25, -0.2) is 0 Å². The average molecular weight is 355 g/mol. The molecular weight excluding hydrogens is 346 g/mol. The molecule has 0 saturated heterocycles. The molecule has 0 bridgehead atoms. The zero-order valence-electron chi connectivity index (χ0n) is 11.5. The third kappa shape index (κ3) is 3.77. The number of ketones is 1. The first-order valence-electron chi connectivity index (χ1n) is 6.32. The highest BCUT2D eigenvalue weighted by Crippen LogP contribution is 2.39. The molecule has 1 aliphatic rings. The minimum absolute atomic E-state index is 0.0304. The van der Waals surface area contributed by atoms with Gasteiger partial charge in [0.1, 0.15) is 0 Å². The molecule has 0 spiro atoms. The first-order valence-corrected chi connectivity index (χ1v) is 6.70. The zero-order valence-corrected chi connectivity index (χ0v) is 12.3. The van der Waals surface area contributed by atoms with Crippen LogP contribution in [-0.2, 0) is 17.1 Å². The number of carbonyl (C=O) groups is 1. The Morgan fingerprint density at radius 3 is 1.78 bits per heavy atom. The first-order chi connectivity index (χ1) is 10.4. The normalized spacial score (nSPS) is 19.5. The van der Waals surface area contributed by atoms with Gasteiger partial charge in [-0.1, -0.05) is 18.5 Å². The number of alkyl halides is 6. The van der Waals surface area contributed by atoms with Crippen LogP contribution in [0.1, 0.15) is 23.6 Å². The van der Waals surface area contributed by atoms with Gasteiger partial charge in [-0.05, 0) is 41.5 Å². The summed E-state index contributed by atoms with van der Waals surface area (Å²) in [6, 6.07) is 1.15. The summed E-state index contributed by atoms with van der Waals surface area (Å²) >= 11 is 5.82. The van der Waals surface area contributed by atoms with Crippen molar-refractivity contribution in [2.24, 2.45) is 5.92 Å². The van der Waals surface area contributed by atoms with E-state index in [0.29, 0.717) is 12.1 Å². The van der Waals surface area contributed by atoms with Crippen molar-refractivity contribution in [3.05, 3.63) is 52.1 Å². The van der Waals surface area contributed by atoms with Gasteiger partial charge < -0.3 is 0 Å². The Kier molecular flexibility index (Phi) is 4.36. The van der Waals surface area contributed by atoms with Crippen molar-refractivity contribution in [3.63, 3.8) is 0 Å². The number of allylic oxidation sites excluding steroid dienone is 4. The molecule has 0 N–H and O–H groups in total. The quantitative estimate of drug-likeness (QED) is 0.613. The van der Waals surface area contributed by atoms with Crippen molar-refractivity contribution < 1.29 is 31.1 Å². The highest BCUT2D eigenvalue weighted by Gasteiger charge is 2.37. The summed E-state index contributed by atoms with van der Waals surface area (Å²) in [7, 11) is 0. The van der Waals surface area contributed by atoms with Gasteiger partial charge in [0.05, 0.1) is 17.0 Å². The molecule has 1 aliphatic carbocycles. The van der Waals surface area contributed by atoms with Gasteiger partial charge in [-0.2, -0.15) is 26.3 Å². The van der Waals surface area contributed by atoms with E-state index in [4.69, 9.17) is 11.6 Å². The smallest absolute Gasteiger partial charge is 0.294 e.